The molecule has 15 heavy (non-hydrogen) atoms. The molecule has 0 radical (unpaired) electrons. The zero-order valence-corrected chi connectivity index (χ0v) is 9.72. The van der Waals surface area contributed by atoms with Gasteiger partial charge in [-0.3, -0.25) is 4.79 Å². The SMILES string of the molecule is O=C(CBr)c1ccccc1OS(=O)(=O)F. The molecule has 0 bridgehead atoms. The van der Waals surface area contributed by atoms with Crippen LogP contribution in [0.2, 0.25) is 0 Å². The average Bonchev–Trinajstić information content (AvgIpc) is 2.15. The molecule has 0 aromatic heterocycles. The minimum Gasteiger partial charge on any atom is -0.358 e. The molecule has 4 nitrogen and oxygen atoms in total. The van der Waals surface area contributed by atoms with Gasteiger partial charge in [-0.15, -0.1) is 0 Å². The lowest BCUT2D eigenvalue weighted by molar-refractivity contribution is 0.102. The first kappa shape index (κ1) is 12.1. The Bertz CT molecular complexity index is 471. The third kappa shape index (κ3) is 3.60. The number of alkyl halides is 1. The van der Waals surface area contributed by atoms with Crippen molar-refractivity contribution in [1.29, 1.82) is 0 Å². The van der Waals surface area contributed by atoms with Gasteiger partial charge in [0.05, 0.1) is 10.9 Å². The highest BCUT2D eigenvalue weighted by Crippen LogP contribution is 2.21. The summed E-state index contributed by atoms with van der Waals surface area (Å²) < 4.78 is 36.8. The highest BCUT2D eigenvalue weighted by molar-refractivity contribution is 9.09. The number of hydrogen-bond donors (Lipinski definition) is 0. The lowest BCUT2D eigenvalue weighted by atomic mass is 10.1. The van der Waals surface area contributed by atoms with Crippen molar-refractivity contribution in [3.05, 3.63) is 29.8 Å². The summed E-state index contributed by atoms with van der Waals surface area (Å²) >= 11 is 2.92. The molecule has 1 rings (SSSR count). The van der Waals surface area contributed by atoms with E-state index in [-0.39, 0.29) is 16.6 Å². The highest BCUT2D eigenvalue weighted by Gasteiger charge is 2.16. The third-order valence-electron chi connectivity index (χ3n) is 1.50. The maximum Gasteiger partial charge on any atom is 0.488 e. The van der Waals surface area contributed by atoms with E-state index in [1.54, 1.807) is 0 Å². The highest BCUT2D eigenvalue weighted by atomic mass is 79.9. The quantitative estimate of drug-likeness (QED) is 0.483. The molecule has 7 heteroatoms. The lowest BCUT2D eigenvalue weighted by Crippen LogP contribution is -2.07. The molecule has 0 fully saturated rings. The summed E-state index contributed by atoms with van der Waals surface area (Å²) in [4.78, 5) is 11.3. The van der Waals surface area contributed by atoms with Crippen LogP contribution in [0.5, 0.6) is 5.75 Å². The predicted molar refractivity (Wildman–Crippen MR) is 55.2 cm³/mol. The zero-order valence-electron chi connectivity index (χ0n) is 7.31. The van der Waals surface area contributed by atoms with Crippen LogP contribution in [0.1, 0.15) is 10.4 Å². The Morgan fingerprint density at radius 3 is 2.53 bits per heavy atom. The summed E-state index contributed by atoms with van der Waals surface area (Å²) in [5, 5.41) is -0.000291. The summed E-state index contributed by atoms with van der Waals surface area (Å²) in [6.45, 7) is 0. The van der Waals surface area contributed by atoms with E-state index in [4.69, 9.17) is 0 Å². The van der Waals surface area contributed by atoms with Gasteiger partial charge in [0.15, 0.2) is 11.5 Å². The largest absolute Gasteiger partial charge is 0.488 e. The second-order valence-corrected chi connectivity index (χ2v) is 4.04. The number of hydrogen-bond acceptors (Lipinski definition) is 4. The van der Waals surface area contributed by atoms with Gasteiger partial charge >= 0.3 is 10.5 Å². The number of benzene rings is 1. The third-order valence-corrected chi connectivity index (χ3v) is 2.39. The molecule has 0 atom stereocenters. The molecule has 0 aliphatic carbocycles. The van der Waals surface area contributed by atoms with E-state index in [2.05, 4.69) is 20.1 Å². The molecular weight excluding hydrogens is 291 g/mol. The molecular formula is C8H6BrFO4S. The summed E-state index contributed by atoms with van der Waals surface area (Å²) in [7, 11) is -5.11. The first-order chi connectivity index (χ1) is 6.94. The van der Waals surface area contributed by atoms with E-state index >= 15 is 0 Å². The van der Waals surface area contributed by atoms with Crippen LogP contribution in [0.15, 0.2) is 24.3 Å². The van der Waals surface area contributed by atoms with Gasteiger partial charge in [-0.2, -0.15) is 8.42 Å². The van der Waals surface area contributed by atoms with Gasteiger partial charge in [-0.1, -0.05) is 31.9 Å². The molecule has 82 valence electrons. The molecule has 0 amide bonds. The van der Waals surface area contributed by atoms with Crippen molar-refractivity contribution >= 4 is 32.2 Å². The molecule has 0 saturated carbocycles. The summed E-state index contributed by atoms with van der Waals surface area (Å²) in [5.74, 6) is -0.710. The fraction of sp³-hybridized carbons (Fsp3) is 0.125. The number of halogens is 2. The fourth-order valence-electron chi connectivity index (χ4n) is 0.949. The summed E-state index contributed by atoms with van der Waals surface area (Å²) in [6.07, 6.45) is 0. The van der Waals surface area contributed by atoms with Gasteiger partial charge in [-0.05, 0) is 12.1 Å². The van der Waals surface area contributed by atoms with Crippen molar-refractivity contribution in [3.63, 3.8) is 0 Å². The number of rotatable bonds is 4. The molecule has 0 N–H and O–H groups in total. The van der Waals surface area contributed by atoms with Gasteiger partial charge in [0, 0.05) is 0 Å². The molecule has 0 saturated heterocycles. The molecule has 1 aromatic carbocycles. The van der Waals surface area contributed by atoms with E-state index in [0.29, 0.717) is 0 Å². The minimum absolute atomic E-state index is 0.000291. The van der Waals surface area contributed by atoms with Crippen LogP contribution in [0, 0.1) is 0 Å². The number of ketones is 1. The van der Waals surface area contributed by atoms with Crippen LogP contribution in [0.4, 0.5) is 3.89 Å². The Labute approximate surface area is 94.6 Å². The molecule has 1 aromatic rings. The maximum absolute atomic E-state index is 12.2. The van der Waals surface area contributed by atoms with Crippen LogP contribution < -0.4 is 4.18 Å². The van der Waals surface area contributed by atoms with Gasteiger partial charge in [0.1, 0.15) is 0 Å². The normalized spacial score (nSPS) is 11.1. The van der Waals surface area contributed by atoms with E-state index in [1.807, 2.05) is 0 Å². The fourth-order valence-corrected chi connectivity index (χ4v) is 1.61. The second kappa shape index (κ2) is 4.71. The Morgan fingerprint density at radius 2 is 2.00 bits per heavy atom. The maximum atomic E-state index is 12.2. The van der Waals surface area contributed by atoms with Gasteiger partial charge in [0.25, 0.3) is 0 Å². The standard InChI is InChI=1S/C8H6BrFO4S/c9-5-7(11)6-3-1-2-4-8(6)14-15(10,12)13/h1-4H,5H2. The molecule has 0 unspecified atom stereocenters. The van der Waals surface area contributed by atoms with Crippen LogP contribution in [0.25, 0.3) is 0 Å². The minimum atomic E-state index is -5.11. The zero-order chi connectivity index (χ0) is 11.5. The average molecular weight is 297 g/mol. The second-order valence-electron chi connectivity index (χ2n) is 2.53. The number of carbonyl (C=O) groups excluding carboxylic acids is 1. The van der Waals surface area contributed by atoms with Gasteiger partial charge < -0.3 is 4.18 Å². The van der Waals surface area contributed by atoms with Crippen molar-refractivity contribution < 1.29 is 21.3 Å². The number of para-hydroxylation sites is 1. The lowest BCUT2D eigenvalue weighted by Gasteiger charge is -2.04. The predicted octanol–water partition coefficient (Wildman–Crippen LogP) is 1.86. The Balaban J connectivity index is 3.13. The van der Waals surface area contributed by atoms with Crippen LogP contribution in [0.3, 0.4) is 0 Å². The van der Waals surface area contributed by atoms with E-state index in [0.717, 1.165) is 0 Å². The van der Waals surface area contributed by atoms with Gasteiger partial charge in [-0.25, -0.2) is 0 Å². The smallest absolute Gasteiger partial charge is 0.358 e. The van der Waals surface area contributed by atoms with Crippen LogP contribution in [-0.2, 0) is 10.5 Å². The molecule has 0 heterocycles. The van der Waals surface area contributed by atoms with Crippen LogP contribution >= 0.6 is 15.9 Å². The van der Waals surface area contributed by atoms with E-state index < -0.39 is 16.3 Å². The van der Waals surface area contributed by atoms with Crippen molar-refractivity contribution in [3.8, 4) is 5.75 Å². The van der Waals surface area contributed by atoms with Crippen molar-refractivity contribution in [2.24, 2.45) is 0 Å². The van der Waals surface area contributed by atoms with Crippen molar-refractivity contribution in [1.82, 2.24) is 0 Å². The Morgan fingerprint density at radius 1 is 1.40 bits per heavy atom. The Hall–Kier alpha value is -0.950. The summed E-state index contributed by atoms with van der Waals surface area (Å²) in [6, 6.07) is 5.51. The molecule has 0 aliphatic rings. The number of carbonyl (C=O) groups is 1. The first-order valence-corrected chi connectivity index (χ1v) is 6.19. The topological polar surface area (TPSA) is 60.4 Å². The van der Waals surface area contributed by atoms with E-state index in [1.165, 1.54) is 24.3 Å². The van der Waals surface area contributed by atoms with Crippen molar-refractivity contribution in [2.45, 2.75) is 0 Å². The first-order valence-electron chi connectivity index (χ1n) is 3.76. The van der Waals surface area contributed by atoms with Gasteiger partial charge in [0.2, 0.25) is 0 Å². The Kier molecular flexibility index (Phi) is 3.81. The monoisotopic (exact) mass is 296 g/mol. The van der Waals surface area contributed by atoms with Crippen molar-refractivity contribution in [2.75, 3.05) is 5.33 Å². The number of Topliss-reactive ketones (excluding diaryl/α,β-unsaturated/α-hetero) is 1. The molecule has 0 aliphatic heterocycles. The van der Waals surface area contributed by atoms with E-state index in [9.17, 15) is 17.1 Å². The van der Waals surface area contributed by atoms with Crippen LogP contribution in [-0.4, -0.2) is 19.5 Å². The summed E-state index contributed by atoms with van der Waals surface area (Å²) in [5.41, 5.74) is 0.00981. The molecule has 0 spiro atoms.